The van der Waals surface area contributed by atoms with Crippen molar-refractivity contribution in [1.29, 1.82) is 0 Å². The minimum Gasteiger partial charge on any atom is -0.411 e. The first-order chi connectivity index (χ1) is 12.0. The predicted octanol–water partition coefficient (Wildman–Crippen LogP) is 3.87. The Hall–Kier alpha value is -2.67. The number of amides is 1. The summed E-state index contributed by atoms with van der Waals surface area (Å²) in [5.41, 5.74) is 3.71. The number of rotatable bonds is 5. The molecule has 128 valence electrons. The number of para-hydroxylation sites is 1. The van der Waals surface area contributed by atoms with Crippen molar-refractivity contribution in [2.75, 3.05) is 5.32 Å². The molecule has 0 fully saturated rings. The number of hydrogen-bond donors (Lipinski definition) is 1. The van der Waals surface area contributed by atoms with Gasteiger partial charge in [0.1, 0.15) is 0 Å². The molecule has 0 saturated carbocycles. The molecule has 3 rings (SSSR count). The summed E-state index contributed by atoms with van der Waals surface area (Å²) in [5.74, 6) is 0.304. The molecule has 1 atom stereocenters. The number of hydrogen-bond acceptors (Lipinski definition) is 6. The summed E-state index contributed by atoms with van der Waals surface area (Å²) in [5, 5.41) is 11.0. The van der Waals surface area contributed by atoms with Crippen molar-refractivity contribution in [1.82, 2.24) is 15.2 Å². The van der Waals surface area contributed by atoms with Gasteiger partial charge in [-0.1, -0.05) is 30.0 Å². The third-order valence-corrected chi connectivity index (χ3v) is 4.64. The summed E-state index contributed by atoms with van der Waals surface area (Å²) in [6, 6.07) is 9.49. The fourth-order valence-electron chi connectivity index (χ4n) is 2.31. The van der Waals surface area contributed by atoms with Crippen LogP contribution in [0.2, 0.25) is 0 Å². The number of aromatic nitrogens is 3. The predicted molar refractivity (Wildman–Crippen MR) is 97.4 cm³/mol. The highest BCUT2D eigenvalue weighted by Crippen LogP contribution is 2.27. The molecule has 0 aliphatic heterocycles. The zero-order chi connectivity index (χ0) is 17.8. The van der Waals surface area contributed by atoms with Gasteiger partial charge in [-0.2, -0.15) is 0 Å². The molecular formula is C18H18N4O2S. The van der Waals surface area contributed by atoms with Gasteiger partial charge in [0.15, 0.2) is 0 Å². The number of carbonyl (C=O) groups is 1. The number of pyridine rings is 1. The van der Waals surface area contributed by atoms with Gasteiger partial charge >= 0.3 is 0 Å². The second-order valence-corrected chi connectivity index (χ2v) is 6.92. The molecule has 0 aliphatic rings. The molecule has 0 radical (unpaired) electrons. The lowest BCUT2D eigenvalue weighted by Crippen LogP contribution is -2.23. The fraction of sp³-hybridized carbons (Fsp3) is 0.222. The van der Waals surface area contributed by atoms with E-state index in [9.17, 15) is 4.79 Å². The largest absolute Gasteiger partial charge is 0.411 e. The molecule has 0 spiro atoms. The van der Waals surface area contributed by atoms with Gasteiger partial charge in [0.25, 0.3) is 5.22 Å². The Labute approximate surface area is 150 Å². The van der Waals surface area contributed by atoms with Crippen molar-refractivity contribution in [3.05, 3.63) is 53.9 Å². The first-order valence-corrected chi connectivity index (χ1v) is 8.70. The molecule has 1 aromatic carbocycles. The van der Waals surface area contributed by atoms with Crippen LogP contribution in [0.3, 0.4) is 0 Å². The van der Waals surface area contributed by atoms with Crippen LogP contribution in [0.15, 0.2) is 52.4 Å². The monoisotopic (exact) mass is 354 g/mol. The molecule has 2 aromatic heterocycles. The van der Waals surface area contributed by atoms with Crippen LogP contribution >= 0.6 is 11.8 Å². The summed E-state index contributed by atoms with van der Waals surface area (Å²) in [6.07, 6.45) is 3.32. The van der Waals surface area contributed by atoms with Crippen molar-refractivity contribution in [3.8, 4) is 11.5 Å². The minimum atomic E-state index is -0.371. The number of thioether (sulfide) groups is 1. The van der Waals surface area contributed by atoms with Gasteiger partial charge < -0.3 is 9.73 Å². The van der Waals surface area contributed by atoms with Gasteiger partial charge in [-0.05, 0) is 44.0 Å². The van der Waals surface area contributed by atoms with Gasteiger partial charge in [-0.3, -0.25) is 9.78 Å². The van der Waals surface area contributed by atoms with E-state index in [0.29, 0.717) is 11.1 Å². The number of carbonyl (C=O) groups excluding carboxylic acids is 1. The van der Waals surface area contributed by atoms with Crippen LogP contribution in [0.25, 0.3) is 11.5 Å². The molecule has 2 heterocycles. The van der Waals surface area contributed by atoms with Crippen LogP contribution in [0.1, 0.15) is 18.1 Å². The Kier molecular flexibility index (Phi) is 5.14. The Morgan fingerprint density at radius 1 is 1.12 bits per heavy atom. The van der Waals surface area contributed by atoms with E-state index in [0.717, 1.165) is 22.4 Å². The Morgan fingerprint density at radius 2 is 1.80 bits per heavy atom. The van der Waals surface area contributed by atoms with Crippen molar-refractivity contribution in [2.45, 2.75) is 31.2 Å². The first-order valence-electron chi connectivity index (χ1n) is 7.82. The molecule has 0 unspecified atom stereocenters. The SMILES string of the molecule is Cc1cccc(C)c1NC(=O)[C@H](C)Sc1nnc(-c2ccncc2)o1. The molecule has 7 heteroatoms. The van der Waals surface area contributed by atoms with Crippen LogP contribution in [-0.2, 0) is 4.79 Å². The Bertz CT molecular complexity index is 860. The first kappa shape index (κ1) is 17.2. The number of nitrogens with zero attached hydrogens (tertiary/aromatic N) is 3. The van der Waals surface area contributed by atoms with E-state index < -0.39 is 0 Å². The smallest absolute Gasteiger partial charge is 0.277 e. The molecular weight excluding hydrogens is 336 g/mol. The molecule has 0 bridgehead atoms. The number of nitrogens with one attached hydrogen (secondary N) is 1. The normalized spacial score (nSPS) is 12.0. The maximum atomic E-state index is 12.5. The van der Waals surface area contributed by atoms with Crippen molar-refractivity contribution >= 4 is 23.4 Å². The Balaban J connectivity index is 1.67. The van der Waals surface area contributed by atoms with Gasteiger partial charge in [0.2, 0.25) is 11.8 Å². The summed E-state index contributed by atoms with van der Waals surface area (Å²) in [6.45, 7) is 5.75. The maximum absolute atomic E-state index is 12.5. The second-order valence-electron chi connectivity index (χ2n) is 5.63. The summed E-state index contributed by atoms with van der Waals surface area (Å²) in [7, 11) is 0. The van der Waals surface area contributed by atoms with Gasteiger partial charge in [0.05, 0.1) is 5.25 Å². The molecule has 25 heavy (non-hydrogen) atoms. The third kappa shape index (κ3) is 4.06. The van der Waals surface area contributed by atoms with E-state index in [1.54, 1.807) is 24.5 Å². The number of benzene rings is 1. The van der Waals surface area contributed by atoms with Crippen LogP contribution in [0, 0.1) is 13.8 Å². The zero-order valence-electron chi connectivity index (χ0n) is 14.2. The average molecular weight is 354 g/mol. The van der Waals surface area contributed by atoms with E-state index in [-0.39, 0.29) is 11.2 Å². The quantitative estimate of drug-likeness (QED) is 0.701. The minimum absolute atomic E-state index is 0.105. The number of aryl methyl sites for hydroxylation is 2. The fourth-order valence-corrected chi connectivity index (χ4v) is 2.99. The molecule has 0 aliphatic carbocycles. The van der Waals surface area contributed by atoms with E-state index in [1.807, 2.05) is 39.0 Å². The molecule has 1 N–H and O–H groups in total. The average Bonchev–Trinajstić information content (AvgIpc) is 3.07. The van der Waals surface area contributed by atoms with Crippen LogP contribution in [0.4, 0.5) is 5.69 Å². The third-order valence-electron chi connectivity index (χ3n) is 3.71. The highest BCUT2D eigenvalue weighted by molar-refractivity contribution is 8.00. The van der Waals surface area contributed by atoms with Crippen LogP contribution < -0.4 is 5.32 Å². The van der Waals surface area contributed by atoms with Gasteiger partial charge in [-0.15, -0.1) is 10.2 Å². The lowest BCUT2D eigenvalue weighted by molar-refractivity contribution is -0.115. The van der Waals surface area contributed by atoms with Crippen LogP contribution in [-0.4, -0.2) is 26.3 Å². The van der Waals surface area contributed by atoms with E-state index in [1.165, 1.54) is 11.8 Å². The lowest BCUT2D eigenvalue weighted by atomic mass is 10.1. The highest BCUT2D eigenvalue weighted by Gasteiger charge is 2.20. The Morgan fingerprint density at radius 3 is 2.48 bits per heavy atom. The van der Waals surface area contributed by atoms with Crippen LogP contribution in [0.5, 0.6) is 0 Å². The van der Waals surface area contributed by atoms with Gasteiger partial charge in [0, 0.05) is 23.6 Å². The van der Waals surface area contributed by atoms with E-state index in [4.69, 9.17) is 4.42 Å². The van der Waals surface area contributed by atoms with Crippen molar-refractivity contribution < 1.29 is 9.21 Å². The second kappa shape index (κ2) is 7.48. The zero-order valence-corrected chi connectivity index (χ0v) is 15.0. The van der Waals surface area contributed by atoms with Crippen molar-refractivity contribution in [3.63, 3.8) is 0 Å². The molecule has 0 saturated heterocycles. The summed E-state index contributed by atoms with van der Waals surface area (Å²) < 4.78 is 5.62. The van der Waals surface area contributed by atoms with Gasteiger partial charge in [-0.25, -0.2) is 0 Å². The highest BCUT2D eigenvalue weighted by atomic mass is 32.2. The molecule has 6 nitrogen and oxygen atoms in total. The summed E-state index contributed by atoms with van der Waals surface area (Å²) in [4.78, 5) is 16.4. The summed E-state index contributed by atoms with van der Waals surface area (Å²) >= 11 is 1.23. The lowest BCUT2D eigenvalue weighted by Gasteiger charge is -2.14. The molecule has 3 aromatic rings. The number of anilines is 1. The van der Waals surface area contributed by atoms with E-state index >= 15 is 0 Å². The standard InChI is InChI=1S/C18H18N4O2S/c1-11-5-4-6-12(2)15(11)20-16(23)13(3)25-18-22-21-17(24-18)14-7-9-19-10-8-14/h4-10,13H,1-3H3,(H,20,23)/t13-/m0/s1. The van der Waals surface area contributed by atoms with E-state index in [2.05, 4.69) is 20.5 Å². The topological polar surface area (TPSA) is 80.9 Å². The maximum Gasteiger partial charge on any atom is 0.277 e. The van der Waals surface area contributed by atoms with Crippen molar-refractivity contribution in [2.24, 2.45) is 0 Å². The molecule has 1 amide bonds.